The molecule has 0 heterocycles. The zero-order chi connectivity index (χ0) is 23.1. The van der Waals surface area contributed by atoms with Crippen molar-refractivity contribution in [3.05, 3.63) is 11.6 Å². The van der Waals surface area contributed by atoms with Gasteiger partial charge in [-0.25, -0.2) is 4.79 Å². The van der Waals surface area contributed by atoms with Crippen LogP contribution in [-0.4, -0.2) is 19.2 Å². The molecule has 5 unspecified atom stereocenters. The molecule has 0 radical (unpaired) electrons. The lowest BCUT2D eigenvalue weighted by atomic mass is 9.47. The van der Waals surface area contributed by atoms with Crippen LogP contribution < -0.4 is 5.32 Å². The number of hydrogen-bond donors (Lipinski definition) is 1. The quantitative estimate of drug-likeness (QED) is 0.426. The Morgan fingerprint density at radius 3 is 2.59 bits per heavy atom. The molecule has 182 valence electrons. The summed E-state index contributed by atoms with van der Waals surface area (Å²) in [7, 11) is 1.65. The third kappa shape index (κ3) is 4.27. The number of nitrogens with one attached hydrogen (secondary N) is 1. The molecule has 0 saturated heterocycles. The molecule has 0 spiro atoms. The summed E-state index contributed by atoms with van der Waals surface area (Å²) < 4.78 is 5.65. The predicted octanol–water partition coefficient (Wildman–Crippen LogP) is 7.75. The fraction of sp³-hybridized carbons (Fsp3) is 0.897. The van der Waals surface area contributed by atoms with Gasteiger partial charge in [0.15, 0.2) is 0 Å². The molecule has 3 nitrogen and oxygen atoms in total. The van der Waals surface area contributed by atoms with E-state index in [1.807, 2.05) is 0 Å². The molecule has 3 heteroatoms. The maximum absolute atomic E-state index is 11.7. The highest BCUT2D eigenvalue weighted by atomic mass is 16.6. The Labute approximate surface area is 197 Å². The molecule has 32 heavy (non-hydrogen) atoms. The topological polar surface area (TPSA) is 38.3 Å². The number of hydrogen-bond acceptors (Lipinski definition) is 2. The van der Waals surface area contributed by atoms with E-state index in [-0.39, 0.29) is 12.2 Å². The average molecular weight is 444 g/mol. The molecule has 0 aliphatic heterocycles. The van der Waals surface area contributed by atoms with Crippen LogP contribution in [0.25, 0.3) is 0 Å². The second-order valence-electron chi connectivity index (χ2n) is 12.8. The van der Waals surface area contributed by atoms with Gasteiger partial charge in [0, 0.05) is 13.5 Å². The molecular weight excluding hydrogens is 394 g/mol. The van der Waals surface area contributed by atoms with Gasteiger partial charge in [-0.1, -0.05) is 65.5 Å². The van der Waals surface area contributed by atoms with Crippen LogP contribution in [0, 0.1) is 46.3 Å². The maximum atomic E-state index is 11.7. The lowest BCUT2D eigenvalue weighted by Crippen LogP contribution is -2.51. The molecule has 0 aromatic heterocycles. The van der Waals surface area contributed by atoms with Crippen LogP contribution >= 0.6 is 0 Å². The molecule has 0 aromatic rings. The minimum absolute atomic E-state index is 0.0576. The number of rotatable bonds is 6. The molecule has 1 N–H and O–H groups in total. The van der Waals surface area contributed by atoms with E-state index >= 15 is 0 Å². The summed E-state index contributed by atoms with van der Waals surface area (Å²) in [5, 5.41) is 2.62. The van der Waals surface area contributed by atoms with Gasteiger partial charge in [0.25, 0.3) is 0 Å². The highest BCUT2D eigenvalue weighted by Crippen LogP contribution is 2.67. The van der Waals surface area contributed by atoms with Gasteiger partial charge in [0.1, 0.15) is 6.10 Å². The lowest BCUT2D eigenvalue weighted by Gasteiger charge is -2.58. The first-order chi connectivity index (χ1) is 15.2. The molecule has 4 aliphatic carbocycles. The molecule has 8 atom stereocenters. The van der Waals surface area contributed by atoms with Crippen molar-refractivity contribution in [2.45, 2.75) is 111 Å². The molecule has 4 aliphatic rings. The van der Waals surface area contributed by atoms with E-state index < -0.39 is 0 Å². The van der Waals surface area contributed by atoms with Crippen molar-refractivity contribution in [3.63, 3.8) is 0 Å². The van der Waals surface area contributed by atoms with E-state index in [2.05, 4.69) is 46.0 Å². The minimum atomic E-state index is -0.277. The van der Waals surface area contributed by atoms with Crippen LogP contribution in [0.15, 0.2) is 11.6 Å². The van der Waals surface area contributed by atoms with E-state index in [9.17, 15) is 4.79 Å². The van der Waals surface area contributed by atoms with Crippen LogP contribution in [0.2, 0.25) is 0 Å². The summed E-state index contributed by atoms with van der Waals surface area (Å²) in [5.74, 6) is 5.25. The summed E-state index contributed by atoms with van der Waals surface area (Å²) in [6, 6.07) is 0. The first-order valence-corrected chi connectivity index (χ1v) is 13.8. The Morgan fingerprint density at radius 1 is 1.09 bits per heavy atom. The average Bonchev–Trinajstić information content (AvgIpc) is 3.11. The lowest BCUT2D eigenvalue weighted by molar-refractivity contribution is -0.0580. The third-order valence-corrected chi connectivity index (χ3v) is 10.7. The van der Waals surface area contributed by atoms with Crippen LogP contribution in [-0.2, 0) is 4.74 Å². The summed E-state index contributed by atoms with van der Waals surface area (Å²) in [4.78, 5) is 11.7. The second kappa shape index (κ2) is 9.34. The van der Waals surface area contributed by atoms with Gasteiger partial charge in [0.05, 0.1) is 0 Å². The molecular formula is C29H49NO2. The zero-order valence-electron chi connectivity index (χ0n) is 21.7. The van der Waals surface area contributed by atoms with Crippen molar-refractivity contribution >= 4 is 6.09 Å². The summed E-state index contributed by atoms with van der Waals surface area (Å²) >= 11 is 0. The van der Waals surface area contributed by atoms with E-state index in [4.69, 9.17) is 4.74 Å². The van der Waals surface area contributed by atoms with E-state index in [1.54, 1.807) is 12.6 Å². The number of ether oxygens (including phenoxy) is 1. The first-order valence-electron chi connectivity index (χ1n) is 13.8. The zero-order valence-corrected chi connectivity index (χ0v) is 21.7. The fourth-order valence-electron chi connectivity index (χ4n) is 8.96. The van der Waals surface area contributed by atoms with Crippen molar-refractivity contribution < 1.29 is 9.53 Å². The smallest absolute Gasteiger partial charge is 0.407 e. The Balaban J connectivity index is 1.45. The number of carbonyl (C=O) groups excluding carboxylic acids is 1. The van der Waals surface area contributed by atoms with Crippen LogP contribution in [0.3, 0.4) is 0 Å². The van der Waals surface area contributed by atoms with Crippen molar-refractivity contribution in [2.75, 3.05) is 7.05 Å². The second-order valence-corrected chi connectivity index (χ2v) is 12.8. The van der Waals surface area contributed by atoms with Crippen molar-refractivity contribution in [2.24, 2.45) is 46.3 Å². The molecule has 1 amide bonds. The molecule has 0 aromatic carbocycles. The summed E-state index contributed by atoms with van der Waals surface area (Å²) in [6.07, 6.45) is 16.7. The van der Waals surface area contributed by atoms with E-state index in [0.717, 1.165) is 48.3 Å². The van der Waals surface area contributed by atoms with Crippen LogP contribution in [0.1, 0.15) is 105 Å². The predicted molar refractivity (Wildman–Crippen MR) is 132 cm³/mol. The van der Waals surface area contributed by atoms with Gasteiger partial charge >= 0.3 is 6.09 Å². The Hall–Kier alpha value is -0.990. The molecule has 0 bridgehead atoms. The van der Waals surface area contributed by atoms with Gasteiger partial charge in [-0.2, -0.15) is 0 Å². The molecule has 3 saturated carbocycles. The van der Waals surface area contributed by atoms with E-state index in [0.29, 0.717) is 10.8 Å². The molecule has 4 rings (SSSR count). The number of alkyl carbamates (subject to hydrolysis) is 1. The van der Waals surface area contributed by atoms with Crippen molar-refractivity contribution in [1.29, 1.82) is 0 Å². The third-order valence-electron chi connectivity index (χ3n) is 10.7. The standard InChI is InChI=1S/C29H49NO2/c1-19(2)8-7-9-20(3)24-12-13-25-23-11-10-21-18-22(32-27(31)30-6)14-16-28(21,4)26(23)15-17-29(24,25)5/h10,19-20,22-26H,7-9,11-18H2,1-6H3,(H,30,31)/t20?,22?,23?,24-,25?,26?,28+,29-/m1/s1. The highest BCUT2D eigenvalue weighted by molar-refractivity contribution is 5.66. The summed E-state index contributed by atoms with van der Waals surface area (Å²) in [5.41, 5.74) is 2.48. The highest BCUT2D eigenvalue weighted by Gasteiger charge is 2.59. The van der Waals surface area contributed by atoms with Gasteiger partial charge in [-0.05, 0) is 91.3 Å². The minimum Gasteiger partial charge on any atom is -0.446 e. The van der Waals surface area contributed by atoms with Crippen LogP contribution in [0.4, 0.5) is 4.79 Å². The van der Waals surface area contributed by atoms with Crippen LogP contribution in [0.5, 0.6) is 0 Å². The number of fused-ring (bicyclic) bond motifs is 5. The Bertz CT molecular complexity index is 714. The number of carbonyl (C=O) groups is 1. The summed E-state index contributed by atoms with van der Waals surface area (Å²) in [6.45, 7) is 12.5. The van der Waals surface area contributed by atoms with Gasteiger partial charge < -0.3 is 10.1 Å². The normalized spacial score (nSPS) is 41.8. The first kappa shape index (κ1) is 24.1. The van der Waals surface area contributed by atoms with Gasteiger partial charge in [-0.15, -0.1) is 0 Å². The van der Waals surface area contributed by atoms with E-state index in [1.165, 1.54) is 57.8 Å². The number of allylic oxidation sites excluding steroid dienone is 1. The Kier molecular flexibility index (Phi) is 7.04. The van der Waals surface area contributed by atoms with Gasteiger partial charge in [0.2, 0.25) is 0 Å². The maximum Gasteiger partial charge on any atom is 0.407 e. The monoisotopic (exact) mass is 443 g/mol. The van der Waals surface area contributed by atoms with Gasteiger partial charge in [-0.3, -0.25) is 0 Å². The van der Waals surface area contributed by atoms with Crippen molar-refractivity contribution in [1.82, 2.24) is 5.32 Å². The Morgan fingerprint density at radius 2 is 1.88 bits per heavy atom. The largest absolute Gasteiger partial charge is 0.446 e. The fourth-order valence-corrected chi connectivity index (χ4v) is 8.96. The number of amides is 1. The van der Waals surface area contributed by atoms with Crippen molar-refractivity contribution in [3.8, 4) is 0 Å². The SMILES string of the molecule is CNC(=O)OC1CC[C@@]2(C)C(=CCC3C2CC[C@@]2(C)C3CC[C@@H]2C(C)CCCC(C)C)C1. The molecule has 3 fully saturated rings.